The fourth-order valence-corrected chi connectivity index (χ4v) is 8.40. The molecule has 0 spiro atoms. The predicted octanol–water partition coefficient (Wildman–Crippen LogP) is 4.94. The first kappa shape index (κ1) is 36.1. The lowest BCUT2D eigenvalue weighted by molar-refractivity contribution is -0.140. The number of anilines is 2. The van der Waals surface area contributed by atoms with Crippen molar-refractivity contribution in [3.8, 4) is 0 Å². The number of fused-ring (bicyclic) bond motifs is 1. The van der Waals surface area contributed by atoms with E-state index in [9.17, 15) is 32.7 Å². The summed E-state index contributed by atoms with van der Waals surface area (Å²) in [6.45, 7) is 5.21. The van der Waals surface area contributed by atoms with Gasteiger partial charge in [-0.1, -0.05) is 29.8 Å². The molecule has 0 saturated carbocycles. The maximum Gasteiger partial charge on any atom is 0.418 e. The van der Waals surface area contributed by atoms with Crippen LogP contribution in [0.25, 0.3) is 0 Å². The van der Waals surface area contributed by atoms with E-state index in [2.05, 4.69) is 22.2 Å². The molecule has 4 amide bonds. The highest BCUT2D eigenvalue weighted by molar-refractivity contribution is 6.33. The number of nitrogen functional groups attached to an aromatic ring is 1. The van der Waals surface area contributed by atoms with Crippen LogP contribution >= 0.6 is 11.6 Å². The highest BCUT2D eigenvalue weighted by Crippen LogP contribution is 2.40. The van der Waals surface area contributed by atoms with Crippen LogP contribution in [0.1, 0.15) is 42.4 Å². The Morgan fingerprint density at radius 3 is 2.36 bits per heavy atom. The van der Waals surface area contributed by atoms with Crippen LogP contribution in [0.3, 0.4) is 0 Å². The number of likely N-dealkylation sites (N-methyl/N-ethyl adjacent to an activating group) is 1. The van der Waals surface area contributed by atoms with E-state index in [0.29, 0.717) is 44.2 Å². The number of nitrogens with one attached hydrogen (secondary N) is 1. The standard InChI is InChI=1S/C35H45ClF3N7O4/c1-42-14-16-43(17-15-42)24-7-10-44(11-8-24)32(47)26(18-22-19-27(35(37,38)39)31(40)28(36)20-22)30-21-25(9-13-46(30)34(49)50)45-12-6-23-4-2-3-5-29(23)41-33(45)48/h2-5,19-20,24-26,30H,6-18,21,40H2,1H3,(H,41,48)(H,49,50)/t25?,26?,30-/m1/s1. The molecule has 6 rings (SSSR count). The Morgan fingerprint density at radius 1 is 1.00 bits per heavy atom. The zero-order valence-corrected chi connectivity index (χ0v) is 28.9. The molecule has 15 heteroatoms. The minimum Gasteiger partial charge on any atom is -0.465 e. The third kappa shape index (κ3) is 7.76. The second-order valence-electron chi connectivity index (χ2n) is 14.0. The first-order valence-corrected chi connectivity index (χ1v) is 17.7. The second kappa shape index (κ2) is 14.8. The average Bonchev–Trinajstić information content (AvgIpc) is 3.26. The molecule has 0 aromatic heterocycles. The molecule has 4 aliphatic heterocycles. The molecule has 0 bridgehead atoms. The molecule has 4 heterocycles. The van der Waals surface area contributed by atoms with Crippen LogP contribution in [0.15, 0.2) is 36.4 Å². The largest absolute Gasteiger partial charge is 0.465 e. The van der Waals surface area contributed by atoms with Crippen molar-refractivity contribution in [3.63, 3.8) is 0 Å². The summed E-state index contributed by atoms with van der Waals surface area (Å²) in [6, 6.07) is 8.47. The number of piperidine rings is 2. The lowest BCUT2D eigenvalue weighted by Crippen LogP contribution is -2.59. The quantitative estimate of drug-likeness (QED) is 0.362. The maximum atomic E-state index is 14.6. The van der Waals surface area contributed by atoms with Gasteiger partial charge in [0.15, 0.2) is 0 Å². The summed E-state index contributed by atoms with van der Waals surface area (Å²) in [5, 5.41) is 13.1. The topological polar surface area (TPSA) is 126 Å². The van der Waals surface area contributed by atoms with E-state index < -0.39 is 41.5 Å². The van der Waals surface area contributed by atoms with Crippen molar-refractivity contribution in [1.82, 2.24) is 24.5 Å². The number of carboxylic acid groups (broad SMARTS) is 1. The van der Waals surface area contributed by atoms with Gasteiger partial charge in [-0.3, -0.25) is 9.69 Å². The summed E-state index contributed by atoms with van der Waals surface area (Å²) in [4.78, 5) is 50.2. The molecule has 2 unspecified atom stereocenters. The number of carbonyl (C=O) groups is 3. The molecule has 4 N–H and O–H groups in total. The second-order valence-corrected chi connectivity index (χ2v) is 14.4. The molecule has 2 aromatic rings. The number of rotatable bonds is 6. The number of carbonyl (C=O) groups excluding carboxylic acids is 2. The van der Waals surface area contributed by atoms with Gasteiger partial charge in [0.1, 0.15) is 0 Å². The minimum absolute atomic E-state index is 0.0625. The van der Waals surface area contributed by atoms with E-state index in [0.717, 1.165) is 50.7 Å². The first-order chi connectivity index (χ1) is 23.8. The molecule has 3 atom stereocenters. The third-order valence-corrected chi connectivity index (χ3v) is 11.3. The number of halogens is 4. The Labute approximate surface area is 295 Å². The zero-order valence-electron chi connectivity index (χ0n) is 28.2. The highest BCUT2D eigenvalue weighted by Gasteiger charge is 2.45. The van der Waals surface area contributed by atoms with Crippen molar-refractivity contribution < 1.29 is 32.7 Å². The number of para-hydroxylation sites is 1. The summed E-state index contributed by atoms with van der Waals surface area (Å²) in [5.41, 5.74) is 5.86. The van der Waals surface area contributed by atoms with Gasteiger partial charge in [0, 0.05) is 76.2 Å². The number of benzene rings is 2. The number of hydrogen-bond donors (Lipinski definition) is 3. The number of hydrogen-bond acceptors (Lipinski definition) is 6. The van der Waals surface area contributed by atoms with Crippen LogP contribution in [0.4, 0.5) is 34.1 Å². The third-order valence-electron chi connectivity index (χ3n) is 11.0. The smallest absolute Gasteiger partial charge is 0.418 e. The van der Waals surface area contributed by atoms with Crippen LogP contribution in [-0.2, 0) is 23.8 Å². The number of likely N-dealkylation sites (tertiary alicyclic amines) is 2. The fraction of sp³-hybridized carbons (Fsp3) is 0.571. The van der Waals surface area contributed by atoms with E-state index in [1.54, 1.807) is 9.80 Å². The van der Waals surface area contributed by atoms with Gasteiger partial charge in [-0.05, 0) is 74.9 Å². The van der Waals surface area contributed by atoms with E-state index in [4.69, 9.17) is 17.3 Å². The Bertz CT molecular complexity index is 1580. The molecular weight excluding hydrogens is 675 g/mol. The Balaban J connectivity index is 1.29. The van der Waals surface area contributed by atoms with Crippen LogP contribution in [-0.4, -0.2) is 125 Å². The number of nitrogens with two attached hydrogens (primary N) is 1. The monoisotopic (exact) mass is 719 g/mol. The summed E-state index contributed by atoms with van der Waals surface area (Å²) in [5.74, 6) is -1.34. The predicted molar refractivity (Wildman–Crippen MR) is 184 cm³/mol. The number of amides is 4. The number of nitrogens with zero attached hydrogens (tertiary/aromatic N) is 5. The molecule has 11 nitrogen and oxygen atoms in total. The van der Waals surface area contributed by atoms with Crippen LogP contribution in [0, 0.1) is 5.92 Å². The van der Waals surface area contributed by atoms with Crippen molar-refractivity contribution in [2.45, 2.75) is 62.8 Å². The van der Waals surface area contributed by atoms with Crippen LogP contribution in [0.2, 0.25) is 5.02 Å². The SMILES string of the molecule is CN1CCN(C2CCN(C(=O)C(Cc3cc(Cl)c(N)c(C(F)(F)F)c3)[C@H]3CC(N4CCc5ccccc5NC4=O)CCN3C(=O)O)CC2)CC1. The summed E-state index contributed by atoms with van der Waals surface area (Å²) >= 11 is 6.21. The minimum atomic E-state index is -4.78. The van der Waals surface area contributed by atoms with Gasteiger partial charge >= 0.3 is 18.3 Å². The lowest BCUT2D eigenvalue weighted by Gasteiger charge is -2.46. The van der Waals surface area contributed by atoms with Crippen molar-refractivity contribution >= 4 is 41.0 Å². The maximum absolute atomic E-state index is 14.6. The average molecular weight is 720 g/mol. The molecule has 0 aliphatic carbocycles. The van der Waals surface area contributed by atoms with Crippen molar-refractivity contribution in [1.29, 1.82) is 0 Å². The van der Waals surface area contributed by atoms with Gasteiger partial charge in [0.2, 0.25) is 5.91 Å². The van der Waals surface area contributed by atoms with E-state index in [-0.39, 0.29) is 41.9 Å². The Kier molecular flexibility index (Phi) is 10.7. The van der Waals surface area contributed by atoms with Crippen LogP contribution < -0.4 is 11.1 Å². The van der Waals surface area contributed by atoms with Gasteiger partial charge in [-0.2, -0.15) is 13.2 Å². The van der Waals surface area contributed by atoms with Gasteiger partial charge in [0.05, 0.1) is 22.2 Å². The van der Waals surface area contributed by atoms with Crippen molar-refractivity contribution in [2.24, 2.45) is 5.92 Å². The normalized spacial score (nSPS) is 23.6. The summed E-state index contributed by atoms with van der Waals surface area (Å²) < 4.78 is 42.0. The Hall–Kier alpha value is -3.75. The molecule has 272 valence electrons. The summed E-state index contributed by atoms with van der Waals surface area (Å²) in [6.07, 6.45) is -3.59. The fourth-order valence-electron chi connectivity index (χ4n) is 8.16. The zero-order chi connectivity index (χ0) is 35.7. The van der Waals surface area contributed by atoms with E-state index in [1.807, 2.05) is 24.3 Å². The van der Waals surface area contributed by atoms with Gasteiger partial charge < -0.3 is 35.8 Å². The van der Waals surface area contributed by atoms with E-state index in [1.165, 1.54) is 11.0 Å². The molecule has 3 saturated heterocycles. The lowest BCUT2D eigenvalue weighted by atomic mass is 9.82. The summed E-state index contributed by atoms with van der Waals surface area (Å²) in [7, 11) is 2.10. The molecule has 0 radical (unpaired) electrons. The Morgan fingerprint density at radius 2 is 1.68 bits per heavy atom. The first-order valence-electron chi connectivity index (χ1n) is 17.3. The van der Waals surface area contributed by atoms with E-state index >= 15 is 0 Å². The number of piperazine rings is 1. The molecule has 2 aromatic carbocycles. The van der Waals surface area contributed by atoms with Gasteiger partial charge in [0.25, 0.3) is 0 Å². The van der Waals surface area contributed by atoms with Gasteiger partial charge in [-0.15, -0.1) is 0 Å². The number of alkyl halides is 3. The van der Waals surface area contributed by atoms with Crippen molar-refractivity contribution in [3.05, 3.63) is 58.1 Å². The molecule has 3 fully saturated rings. The molecule has 50 heavy (non-hydrogen) atoms. The molecule has 4 aliphatic rings. The highest BCUT2D eigenvalue weighted by atomic mass is 35.5. The number of urea groups is 1. The van der Waals surface area contributed by atoms with Gasteiger partial charge in [-0.25, -0.2) is 9.59 Å². The van der Waals surface area contributed by atoms with Crippen molar-refractivity contribution in [2.75, 3.05) is 70.5 Å². The van der Waals surface area contributed by atoms with Crippen LogP contribution in [0.5, 0.6) is 0 Å². The molecular formula is C35H45ClF3N7O4.